The Morgan fingerprint density at radius 1 is 1.13 bits per heavy atom. The SMILES string of the molecule is COc1cccc(CNC(=O)Cn2c(-c3cccc(Cl)c3)nc(C)c(C)c2=O)c1OC. The fourth-order valence-electron chi connectivity index (χ4n) is 3.24. The normalized spacial score (nSPS) is 10.6. The molecule has 8 heteroatoms. The van der Waals surface area contributed by atoms with Crippen LogP contribution in [0.5, 0.6) is 11.5 Å². The molecular weight excluding hydrogens is 418 g/mol. The van der Waals surface area contributed by atoms with Gasteiger partial charge in [-0.25, -0.2) is 4.98 Å². The van der Waals surface area contributed by atoms with Gasteiger partial charge in [-0.05, 0) is 32.0 Å². The van der Waals surface area contributed by atoms with Gasteiger partial charge in [-0.15, -0.1) is 0 Å². The smallest absolute Gasteiger partial charge is 0.257 e. The Labute approximate surface area is 185 Å². The molecule has 0 aliphatic heterocycles. The second kappa shape index (κ2) is 9.66. The molecule has 1 heterocycles. The van der Waals surface area contributed by atoms with Crippen LogP contribution in [0.1, 0.15) is 16.8 Å². The first-order valence-corrected chi connectivity index (χ1v) is 10.0. The topological polar surface area (TPSA) is 82.5 Å². The molecule has 0 saturated heterocycles. The Morgan fingerprint density at radius 3 is 2.55 bits per heavy atom. The Bertz CT molecular complexity index is 1170. The predicted octanol–water partition coefficient (Wildman–Crippen LogP) is 3.51. The van der Waals surface area contributed by atoms with Crippen LogP contribution in [0.25, 0.3) is 11.4 Å². The second-order valence-corrected chi connectivity index (χ2v) is 7.41. The Kier molecular flexibility index (Phi) is 6.97. The quantitative estimate of drug-likeness (QED) is 0.606. The van der Waals surface area contributed by atoms with E-state index in [1.807, 2.05) is 12.1 Å². The molecule has 31 heavy (non-hydrogen) atoms. The monoisotopic (exact) mass is 441 g/mol. The Balaban J connectivity index is 1.88. The van der Waals surface area contributed by atoms with Gasteiger partial charge in [0.1, 0.15) is 12.4 Å². The van der Waals surface area contributed by atoms with Gasteiger partial charge >= 0.3 is 0 Å². The number of hydrogen-bond acceptors (Lipinski definition) is 5. The van der Waals surface area contributed by atoms with Crippen LogP contribution in [0.15, 0.2) is 47.3 Å². The van der Waals surface area contributed by atoms with E-state index in [4.69, 9.17) is 21.1 Å². The number of benzene rings is 2. The largest absolute Gasteiger partial charge is 0.493 e. The van der Waals surface area contributed by atoms with Crippen LogP contribution in [0, 0.1) is 13.8 Å². The second-order valence-electron chi connectivity index (χ2n) is 6.98. The zero-order chi connectivity index (χ0) is 22.5. The molecule has 0 atom stereocenters. The Morgan fingerprint density at radius 2 is 1.87 bits per heavy atom. The average Bonchev–Trinajstić information content (AvgIpc) is 2.77. The van der Waals surface area contributed by atoms with Crippen LogP contribution in [0.2, 0.25) is 5.02 Å². The molecule has 0 aliphatic carbocycles. The van der Waals surface area contributed by atoms with E-state index in [9.17, 15) is 9.59 Å². The summed E-state index contributed by atoms with van der Waals surface area (Å²) in [6, 6.07) is 12.5. The number of nitrogens with one attached hydrogen (secondary N) is 1. The van der Waals surface area contributed by atoms with E-state index < -0.39 is 0 Å². The van der Waals surface area contributed by atoms with Crippen molar-refractivity contribution in [3.05, 3.63) is 74.7 Å². The van der Waals surface area contributed by atoms with Crippen molar-refractivity contribution in [2.24, 2.45) is 0 Å². The summed E-state index contributed by atoms with van der Waals surface area (Å²) >= 11 is 6.12. The third-order valence-corrected chi connectivity index (χ3v) is 5.22. The van der Waals surface area contributed by atoms with E-state index in [-0.39, 0.29) is 24.6 Å². The number of aromatic nitrogens is 2. The minimum absolute atomic E-state index is 0.179. The summed E-state index contributed by atoms with van der Waals surface area (Å²) in [6.45, 7) is 3.51. The first-order valence-electron chi connectivity index (χ1n) is 9.66. The molecule has 0 radical (unpaired) electrons. The summed E-state index contributed by atoms with van der Waals surface area (Å²) < 4.78 is 12.1. The summed E-state index contributed by atoms with van der Waals surface area (Å²) in [5.41, 5.74) is 2.26. The number of carbonyl (C=O) groups is 1. The van der Waals surface area contributed by atoms with Gasteiger partial charge in [0.25, 0.3) is 5.56 Å². The van der Waals surface area contributed by atoms with Crippen molar-refractivity contribution in [2.45, 2.75) is 26.9 Å². The van der Waals surface area contributed by atoms with E-state index >= 15 is 0 Å². The van der Waals surface area contributed by atoms with Crippen LogP contribution in [0.4, 0.5) is 0 Å². The molecule has 2 aromatic carbocycles. The third kappa shape index (κ3) is 4.88. The van der Waals surface area contributed by atoms with E-state index in [1.54, 1.807) is 58.4 Å². The van der Waals surface area contributed by atoms with Crippen LogP contribution in [-0.4, -0.2) is 29.7 Å². The number of methoxy groups -OCH3 is 2. The molecule has 162 valence electrons. The van der Waals surface area contributed by atoms with Crippen LogP contribution in [-0.2, 0) is 17.9 Å². The molecule has 3 rings (SSSR count). The van der Waals surface area contributed by atoms with E-state index in [1.165, 1.54) is 4.57 Å². The number of hydrogen-bond donors (Lipinski definition) is 1. The molecule has 0 saturated carbocycles. The van der Waals surface area contributed by atoms with Crippen molar-refractivity contribution in [3.8, 4) is 22.9 Å². The maximum absolute atomic E-state index is 12.9. The van der Waals surface area contributed by atoms with E-state index in [0.717, 1.165) is 5.56 Å². The molecule has 1 amide bonds. The fourth-order valence-corrected chi connectivity index (χ4v) is 3.43. The lowest BCUT2D eigenvalue weighted by atomic mass is 10.1. The molecule has 0 unspecified atom stereocenters. The summed E-state index contributed by atoms with van der Waals surface area (Å²) in [6.07, 6.45) is 0. The summed E-state index contributed by atoms with van der Waals surface area (Å²) in [4.78, 5) is 30.2. The average molecular weight is 442 g/mol. The van der Waals surface area contributed by atoms with Crippen molar-refractivity contribution in [1.82, 2.24) is 14.9 Å². The van der Waals surface area contributed by atoms with Gasteiger partial charge < -0.3 is 14.8 Å². The van der Waals surface area contributed by atoms with Gasteiger partial charge in [0.2, 0.25) is 5.91 Å². The molecule has 0 spiro atoms. The van der Waals surface area contributed by atoms with Crippen LogP contribution < -0.4 is 20.3 Å². The summed E-state index contributed by atoms with van der Waals surface area (Å²) in [7, 11) is 3.09. The molecule has 3 aromatic rings. The van der Waals surface area contributed by atoms with Crippen LogP contribution in [0.3, 0.4) is 0 Å². The number of nitrogens with zero attached hydrogens (tertiary/aromatic N) is 2. The molecular formula is C23H24ClN3O4. The fraction of sp³-hybridized carbons (Fsp3) is 0.261. The molecule has 0 bridgehead atoms. The van der Waals surface area contributed by atoms with Gasteiger partial charge in [0.15, 0.2) is 11.5 Å². The van der Waals surface area contributed by atoms with E-state index in [2.05, 4.69) is 10.3 Å². The highest BCUT2D eigenvalue weighted by Gasteiger charge is 2.17. The lowest BCUT2D eigenvalue weighted by molar-refractivity contribution is -0.121. The van der Waals surface area contributed by atoms with Crippen LogP contribution >= 0.6 is 11.6 Å². The van der Waals surface area contributed by atoms with Crippen molar-refractivity contribution < 1.29 is 14.3 Å². The molecule has 1 N–H and O–H groups in total. The van der Waals surface area contributed by atoms with Crippen molar-refractivity contribution >= 4 is 17.5 Å². The summed E-state index contributed by atoms with van der Waals surface area (Å²) in [5.74, 6) is 1.19. The molecule has 1 aromatic heterocycles. The highest BCUT2D eigenvalue weighted by molar-refractivity contribution is 6.30. The Hall–Kier alpha value is -3.32. The first-order chi connectivity index (χ1) is 14.8. The van der Waals surface area contributed by atoms with Crippen molar-refractivity contribution in [2.75, 3.05) is 14.2 Å². The van der Waals surface area contributed by atoms with Crippen molar-refractivity contribution in [3.63, 3.8) is 0 Å². The van der Waals surface area contributed by atoms with E-state index in [0.29, 0.717) is 39.2 Å². The zero-order valence-electron chi connectivity index (χ0n) is 17.9. The van der Waals surface area contributed by atoms with Gasteiger partial charge in [-0.1, -0.05) is 35.9 Å². The van der Waals surface area contributed by atoms with Gasteiger partial charge in [-0.2, -0.15) is 0 Å². The lowest BCUT2D eigenvalue weighted by Gasteiger charge is -2.16. The molecule has 7 nitrogen and oxygen atoms in total. The van der Waals surface area contributed by atoms with Gasteiger partial charge in [-0.3, -0.25) is 14.2 Å². The standard InChI is InChI=1S/C23H24ClN3O4/c1-14-15(2)26-22(16-7-5-9-18(24)11-16)27(23(14)29)13-20(28)25-12-17-8-6-10-19(30-3)21(17)31-4/h5-11H,12-13H2,1-4H3,(H,25,28). The predicted molar refractivity (Wildman–Crippen MR) is 120 cm³/mol. The maximum atomic E-state index is 12.9. The lowest BCUT2D eigenvalue weighted by Crippen LogP contribution is -2.34. The third-order valence-electron chi connectivity index (χ3n) is 4.98. The van der Waals surface area contributed by atoms with Gasteiger partial charge in [0, 0.05) is 34.0 Å². The molecule has 0 fully saturated rings. The zero-order valence-corrected chi connectivity index (χ0v) is 18.6. The number of carbonyl (C=O) groups excluding carboxylic acids is 1. The highest BCUT2D eigenvalue weighted by atomic mass is 35.5. The number of aryl methyl sites for hydroxylation is 1. The minimum Gasteiger partial charge on any atom is -0.493 e. The number of amides is 1. The van der Waals surface area contributed by atoms with Crippen molar-refractivity contribution in [1.29, 1.82) is 0 Å². The number of para-hydroxylation sites is 1. The summed E-state index contributed by atoms with van der Waals surface area (Å²) in [5, 5.41) is 3.36. The molecule has 0 aliphatic rings. The minimum atomic E-state index is -0.333. The van der Waals surface area contributed by atoms with Gasteiger partial charge in [0.05, 0.1) is 14.2 Å². The number of halogens is 1. The number of ether oxygens (including phenoxy) is 2. The number of rotatable bonds is 7. The highest BCUT2D eigenvalue weighted by Crippen LogP contribution is 2.30. The first kappa shape index (κ1) is 22.4. The maximum Gasteiger partial charge on any atom is 0.257 e.